The van der Waals surface area contributed by atoms with Gasteiger partial charge in [0.05, 0.1) is 0 Å². The number of carbonyl (C=O) groups excluding carboxylic acids is 1. The first kappa shape index (κ1) is 13.6. The molecule has 0 fully saturated rings. The summed E-state index contributed by atoms with van der Waals surface area (Å²) < 4.78 is 36.3. The number of hydrogen-bond donors (Lipinski definition) is 3. The molecule has 1 atom stereocenters. The van der Waals surface area contributed by atoms with Crippen LogP contribution in [0.25, 0.3) is 0 Å². The number of benzene rings is 1. The third kappa shape index (κ3) is 3.79. The Morgan fingerprint density at radius 3 is 2.24 bits per heavy atom. The molecule has 0 aliphatic rings. The van der Waals surface area contributed by atoms with Gasteiger partial charge in [0, 0.05) is 5.69 Å². The third-order valence-corrected chi connectivity index (χ3v) is 2.00. The summed E-state index contributed by atoms with van der Waals surface area (Å²) in [6.45, 7) is 0. The van der Waals surface area contributed by atoms with Gasteiger partial charge in [-0.2, -0.15) is 13.2 Å². The van der Waals surface area contributed by atoms with E-state index in [4.69, 9.17) is 16.7 Å². The van der Waals surface area contributed by atoms with Crippen LogP contribution >= 0.6 is 11.6 Å². The van der Waals surface area contributed by atoms with Gasteiger partial charge in [-0.1, -0.05) is 29.8 Å². The molecule has 0 aromatic heterocycles. The number of anilines is 1. The molecule has 1 unspecified atom stereocenters. The van der Waals surface area contributed by atoms with Gasteiger partial charge in [0.1, 0.15) is 0 Å². The van der Waals surface area contributed by atoms with Crippen LogP contribution in [0.3, 0.4) is 0 Å². The fourth-order valence-corrected chi connectivity index (χ4v) is 0.991. The molecule has 0 bridgehead atoms. The van der Waals surface area contributed by atoms with Crippen molar-refractivity contribution in [1.29, 1.82) is 0 Å². The summed E-state index contributed by atoms with van der Waals surface area (Å²) in [6, 6.07) is 6.46. The number of rotatable bonds is 2. The fraction of sp³-hybridized carbons (Fsp3) is 0.222. The van der Waals surface area contributed by atoms with E-state index in [1.165, 1.54) is 17.4 Å². The van der Waals surface area contributed by atoms with Crippen LogP contribution in [0.2, 0.25) is 0 Å². The van der Waals surface area contributed by atoms with Crippen molar-refractivity contribution in [2.75, 3.05) is 5.32 Å². The topological polar surface area (TPSA) is 61.4 Å². The first-order valence-electron chi connectivity index (χ1n) is 4.34. The molecule has 0 spiro atoms. The van der Waals surface area contributed by atoms with Crippen molar-refractivity contribution in [3.8, 4) is 0 Å². The quantitative estimate of drug-likeness (QED) is 0.438. The standard InChI is InChI=1S/C9H8ClF3N2O2/c10-8(17,9(11,12)13)15-7(16)14-6-4-2-1-3-5-6/h1-5,17H,(H2,14,15,16). The molecule has 8 heteroatoms. The van der Waals surface area contributed by atoms with E-state index in [1.807, 2.05) is 0 Å². The van der Waals surface area contributed by atoms with E-state index in [1.54, 1.807) is 18.2 Å². The predicted octanol–water partition coefficient (Wildman–Crippen LogP) is 2.26. The van der Waals surface area contributed by atoms with Crippen LogP contribution in [-0.4, -0.2) is 22.5 Å². The zero-order valence-corrected chi connectivity index (χ0v) is 9.01. The lowest BCUT2D eigenvalue weighted by Gasteiger charge is -2.24. The van der Waals surface area contributed by atoms with Gasteiger partial charge in [-0.25, -0.2) is 4.79 Å². The predicted molar refractivity (Wildman–Crippen MR) is 55.5 cm³/mol. The van der Waals surface area contributed by atoms with Gasteiger partial charge >= 0.3 is 17.4 Å². The Bertz CT molecular complexity index is 395. The number of nitrogens with one attached hydrogen (secondary N) is 2. The molecule has 0 aliphatic carbocycles. The Kier molecular flexibility index (Phi) is 3.84. The van der Waals surface area contributed by atoms with Crippen LogP contribution < -0.4 is 10.6 Å². The number of amides is 2. The minimum Gasteiger partial charge on any atom is -0.351 e. The van der Waals surface area contributed by atoms with Crippen LogP contribution in [0.15, 0.2) is 30.3 Å². The highest BCUT2D eigenvalue weighted by molar-refractivity contribution is 6.24. The number of halogens is 4. The Morgan fingerprint density at radius 1 is 1.24 bits per heavy atom. The minimum absolute atomic E-state index is 0.264. The SMILES string of the molecule is O=C(Nc1ccccc1)NC(O)(Cl)C(F)(F)F. The molecule has 0 radical (unpaired) electrons. The molecule has 94 valence electrons. The first-order chi connectivity index (χ1) is 7.72. The molecular weight excluding hydrogens is 261 g/mol. The molecule has 0 saturated carbocycles. The summed E-state index contributed by atoms with van der Waals surface area (Å²) >= 11 is 4.73. The van der Waals surface area contributed by atoms with Crippen molar-refractivity contribution in [1.82, 2.24) is 5.32 Å². The van der Waals surface area contributed by atoms with Gasteiger partial charge in [0.25, 0.3) is 0 Å². The molecule has 1 rings (SSSR count). The van der Waals surface area contributed by atoms with Gasteiger partial charge in [-0.3, -0.25) is 5.32 Å². The molecule has 1 aromatic carbocycles. The van der Waals surface area contributed by atoms with E-state index in [0.29, 0.717) is 0 Å². The van der Waals surface area contributed by atoms with E-state index < -0.39 is 17.4 Å². The van der Waals surface area contributed by atoms with Gasteiger partial charge in [-0.15, -0.1) is 0 Å². The van der Waals surface area contributed by atoms with Crippen molar-refractivity contribution >= 4 is 23.3 Å². The summed E-state index contributed by atoms with van der Waals surface area (Å²) in [5.41, 5.74) is 0.264. The maximum atomic E-state index is 12.1. The number of carbonyl (C=O) groups is 1. The zero-order chi connectivity index (χ0) is 13.1. The van der Waals surface area contributed by atoms with Crippen LogP contribution in [-0.2, 0) is 0 Å². The normalized spacial score (nSPS) is 14.9. The van der Waals surface area contributed by atoms with E-state index in [0.717, 1.165) is 0 Å². The summed E-state index contributed by atoms with van der Waals surface area (Å²) in [5, 5.41) is 8.23. The maximum Gasteiger partial charge on any atom is 0.452 e. The average Bonchev–Trinajstić information content (AvgIpc) is 2.16. The largest absolute Gasteiger partial charge is 0.452 e. The van der Waals surface area contributed by atoms with Crippen molar-refractivity contribution in [3.63, 3.8) is 0 Å². The Balaban J connectivity index is 2.62. The molecule has 0 aliphatic heterocycles. The van der Waals surface area contributed by atoms with Crippen molar-refractivity contribution in [2.45, 2.75) is 11.4 Å². The molecule has 17 heavy (non-hydrogen) atoms. The van der Waals surface area contributed by atoms with E-state index in [-0.39, 0.29) is 5.69 Å². The Hall–Kier alpha value is -1.47. The minimum atomic E-state index is -5.18. The first-order valence-corrected chi connectivity index (χ1v) is 4.72. The molecule has 1 aromatic rings. The number of alkyl halides is 4. The lowest BCUT2D eigenvalue weighted by atomic mass is 10.3. The van der Waals surface area contributed by atoms with E-state index in [9.17, 15) is 18.0 Å². The van der Waals surface area contributed by atoms with Gasteiger partial charge in [-0.05, 0) is 12.1 Å². The number of para-hydroxylation sites is 1. The lowest BCUT2D eigenvalue weighted by Crippen LogP contribution is -2.55. The van der Waals surface area contributed by atoms with Crippen LogP contribution in [0.5, 0.6) is 0 Å². The van der Waals surface area contributed by atoms with Gasteiger partial charge < -0.3 is 10.4 Å². The zero-order valence-electron chi connectivity index (χ0n) is 8.25. The monoisotopic (exact) mass is 268 g/mol. The molecule has 0 saturated heterocycles. The van der Waals surface area contributed by atoms with E-state index >= 15 is 0 Å². The second kappa shape index (κ2) is 4.80. The molecule has 3 N–H and O–H groups in total. The smallest absolute Gasteiger partial charge is 0.351 e. The maximum absolute atomic E-state index is 12.1. The molecular formula is C9H8ClF3N2O2. The number of urea groups is 1. The average molecular weight is 269 g/mol. The second-order valence-electron chi connectivity index (χ2n) is 3.07. The van der Waals surface area contributed by atoms with E-state index in [2.05, 4.69) is 5.32 Å². The summed E-state index contributed by atoms with van der Waals surface area (Å²) in [7, 11) is 0. The van der Waals surface area contributed by atoms with Gasteiger partial charge in [0.15, 0.2) is 0 Å². The van der Waals surface area contributed by atoms with Crippen LogP contribution in [0.4, 0.5) is 23.7 Å². The second-order valence-corrected chi connectivity index (χ2v) is 3.61. The lowest BCUT2D eigenvalue weighted by molar-refractivity contribution is -0.230. The highest BCUT2D eigenvalue weighted by Gasteiger charge is 2.54. The van der Waals surface area contributed by atoms with Crippen LogP contribution in [0.1, 0.15) is 0 Å². The Labute approximate surface area is 99.4 Å². The van der Waals surface area contributed by atoms with Crippen molar-refractivity contribution < 1.29 is 23.1 Å². The molecule has 4 nitrogen and oxygen atoms in total. The van der Waals surface area contributed by atoms with Crippen molar-refractivity contribution in [2.24, 2.45) is 0 Å². The highest BCUT2D eigenvalue weighted by atomic mass is 35.5. The Morgan fingerprint density at radius 2 is 1.76 bits per heavy atom. The van der Waals surface area contributed by atoms with Crippen molar-refractivity contribution in [3.05, 3.63) is 30.3 Å². The van der Waals surface area contributed by atoms with Gasteiger partial charge in [0.2, 0.25) is 0 Å². The molecule has 2 amide bonds. The summed E-state index contributed by atoms with van der Waals surface area (Å²) in [6.07, 6.45) is -5.18. The molecule has 0 heterocycles. The fourth-order valence-electron chi connectivity index (χ4n) is 0.905. The number of hydrogen-bond acceptors (Lipinski definition) is 2. The highest BCUT2D eigenvalue weighted by Crippen LogP contribution is 2.31. The van der Waals surface area contributed by atoms with Crippen LogP contribution in [0, 0.1) is 0 Å². The summed E-state index contributed by atoms with van der Waals surface area (Å²) in [5.74, 6) is 0. The third-order valence-electron chi connectivity index (χ3n) is 1.69. The number of aliphatic hydroxyl groups is 1. The summed E-state index contributed by atoms with van der Waals surface area (Å²) in [4.78, 5) is 11.1.